The maximum absolute atomic E-state index is 10.7. The lowest BCUT2D eigenvalue weighted by Crippen LogP contribution is -1.92. The molecule has 1 aromatic carbocycles. The van der Waals surface area contributed by atoms with Crippen LogP contribution in [0.25, 0.3) is 0 Å². The van der Waals surface area contributed by atoms with Crippen molar-refractivity contribution in [3.63, 3.8) is 0 Å². The second kappa shape index (κ2) is 5.03. The quantitative estimate of drug-likeness (QED) is 0.783. The standard InChI is InChI=1S/C9H8BrClOS/c1-6(12)5-13-9-3-2-7(11)4-8(9)10/h2-4H,5H2,1H3. The minimum Gasteiger partial charge on any atom is -0.299 e. The van der Waals surface area contributed by atoms with E-state index in [1.54, 1.807) is 6.92 Å². The summed E-state index contributed by atoms with van der Waals surface area (Å²) in [6, 6.07) is 5.54. The van der Waals surface area contributed by atoms with E-state index in [0.717, 1.165) is 9.37 Å². The topological polar surface area (TPSA) is 17.1 Å². The van der Waals surface area contributed by atoms with Crippen molar-refractivity contribution in [1.29, 1.82) is 0 Å². The minimum atomic E-state index is 0.173. The fraction of sp³-hybridized carbons (Fsp3) is 0.222. The fourth-order valence-electron chi connectivity index (χ4n) is 0.772. The van der Waals surface area contributed by atoms with Crippen LogP contribution in [0.4, 0.5) is 0 Å². The van der Waals surface area contributed by atoms with Gasteiger partial charge >= 0.3 is 0 Å². The van der Waals surface area contributed by atoms with Gasteiger partial charge in [-0.05, 0) is 41.1 Å². The Morgan fingerprint density at radius 2 is 2.31 bits per heavy atom. The molecule has 0 N–H and O–H groups in total. The lowest BCUT2D eigenvalue weighted by Gasteiger charge is -2.02. The summed E-state index contributed by atoms with van der Waals surface area (Å²) in [4.78, 5) is 11.8. The van der Waals surface area contributed by atoms with Gasteiger partial charge in [0.05, 0.1) is 5.75 Å². The van der Waals surface area contributed by atoms with Crippen LogP contribution >= 0.6 is 39.3 Å². The van der Waals surface area contributed by atoms with Crippen molar-refractivity contribution in [2.24, 2.45) is 0 Å². The molecule has 1 rings (SSSR count). The van der Waals surface area contributed by atoms with Crippen LogP contribution in [0.15, 0.2) is 27.6 Å². The summed E-state index contributed by atoms with van der Waals surface area (Å²) < 4.78 is 0.936. The average molecular weight is 280 g/mol. The number of rotatable bonds is 3. The first kappa shape index (κ1) is 11.1. The van der Waals surface area contributed by atoms with Crippen molar-refractivity contribution in [2.75, 3.05) is 5.75 Å². The molecule has 0 unspecified atom stereocenters. The highest BCUT2D eigenvalue weighted by molar-refractivity contribution is 9.10. The molecule has 4 heteroatoms. The van der Waals surface area contributed by atoms with Gasteiger partial charge in [0.2, 0.25) is 0 Å². The van der Waals surface area contributed by atoms with E-state index < -0.39 is 0 Å². The van der Waals surface area contributed by atoms with Gasteiger partial charge < -0.3 is 0 Å². The third kappa shape index (κ3) is 3.71. The van der Waals surface area contributed by atoms with E-state index in [-0.39, 0.29) is 5.78 Å². The Balaban J connectivity index is 2.72. The molecule has 0 bridgehead atoms. The summed E-state index contributed by atoms with van der Waals surface area (Å²) in [6.45, 7) is 1.58. The summed E-state index contributed by atoms with van der Waals surface area (Å²) in [5.74, 6) is 0.673. The van der Waals surface area contributed by atoms with Crippen molar-refractivity contribution >= 4 is 45.1 Å². The first-order valence-corrected chi connectivity index (χ1v) is 5.82. The highest BCUT2D eigenvalue weighted by Gasteiger charge is 2.02. The van der Waals surface area contributed by atoms with E-state index in [2.05, 4.69) is 15.9 Å². The van der Waals surface area contributed by atoms with Gasteiger partial charge in [-0.1, -0.05) is 11.6 Å². The number of ketones is 1. The van der Waals surface area contributed by atoms with Gasteiger partial charge in [0.15, 0.2) is 0 Å². The van der Waals surface area contributed by atoms with E-state index in [0.29, 0.717) is 10.8 Å². The molecule has 0 saturated heterocycles. The van der Waals surface area contributed by atoms with Gasteiger partial charge in [-0.15, -0.1) is 11.8 Å². The molecule has 0 spiro atoms. The van der Waals surface area contributed by atoms with Crippen molar-refractivity contribution in [2.45, 2.75) is 11.8 Å². The van der Waals surface area contributed by atoms with Gasteiger partial charge in [-0.25, -0.2) is 0 Å². The Hall–Kier alpha value is 0.01000. The molecular formula is C9H8BrClOS. The van der Waals surface area contributed by atoms with Crippen molar-refractivity contribution < 1.29 is 4.79 Å². The van der Waals surface area contributed by atoms with Crippen molar-refractivity contribution in [1.82, 2.24) is 0 Å². The Kier molecular flexibility index (Phi) is 4.29. The zero-order valence-corrected chi connectivity index (χ0v) is 10.2. The van der Waals surface area contributed by atoms with Crippen LogP contribution in [-0.2, 0) is 4.79 Å². The maximum atomic E-state index is 10.7. The Morgan fingerprint density at radius 1 is 1.62 bits per heavy atom. The third-order valence-corrected chi connectivity index (χ3v) is 3.70. The average Bonchev–Trinajstić information content (AvgIpc) is 2.02. The summed E-state index contributed by atoms with van der Waals surface area (Å²) in [6.07, 6.45) is 0. The molecule has 0 aliphatic heterocycles. The number of hydrogen-bond acceptors (Lipinski definition) is 2. The van der Waals surface area contributed by atoms with E-state index in [4.69, 9.17) is 11.6 Å². The summed E-state index contributed by atoms with van der Waals surface area (Å²) in [5.41, 5.74) is 0. The Bertz CT molecular complexity index is 327. The smallest absolute Gasteiger partial charge is 0.140 e. The Labute approximate surface area is 95.0 Å². The largest absolute Gasteiger partial charge is 0.299 e. The molecule has 1 nitrogen and oxygen atoms in total. The summed E-state index contributed by atoms with van der Waals surface area (Å²) in [7, 11) is 0. The summed E-state index contributed by atoms with van der Waals surface area (Å²) >= 11 is 10.7. The molecule has 0 radical (unpaired) electrons. The second-order valence-corrected chi connectivity index (χ2v) is 4.87. The van der Waals surface area contributed by atoms with Gasteiger partial charge in [0.25, 0.3) is 0 Å². The number of thioether (sulfide) groups is 1. The number of carbonyl (C=O) groups excluding carboxylic acids is 1. The molecule has 70 valence electrons. The molecule has 0 amide bonds. The first-order valence-electron chi connectivity index (χ1n) is 3.67. The normalized spacial score (nSPS) is 10.1. The van der Waals surface area contributed by atoms with Gasteiger partial charge in [-0.2, -0.15) is 0 Å². The molecule has 0 heterocycles. The number of carbonyl (C=O) groups is 1. The molecule has 1 aromatic rings. The van der Waals surface area contributed by atoms with Crippen LogP contribution in [0.5, 0.6) is 0 Å². The van der Waals surface area contributed by atoms with Crippen LogP contribution in [0.1, 0.15) is 6.92 Å². The summed E-state index contributed by atoms with van der Waals surface area (Å²) in [5, 5.41) is 0.694. The minimum absolute atomic E-state index is 0.173. The van der Waals surface area contributed by atoms with Crippen LogP contribution in [-0.4, -0.2) is 11.5 Å². The number of benzene rings is 1. The SMILES string of the molecule is CC(=O)CSc1ccc(Cl)cc1Br. The molecule has 0 aliphatic carbocycles. The fourth-order valence-corrected chi connectivity index (χ4v) is 2.52. The predicted molar refractivity (Wildman–Crippen MR) is 60.6 cm³/mol. The van der Waals surface area contributed by atoms with Crippen LogP contribution in [0, 0.1) is 0 Å². The molecule has 0 atom stereocenters. The molecule has 13 heavy (non-hydrogen) atoms. The lowest BCUT2D eigenvalue weighted by atomic mass is 10.4. The Morgan fingerprint density at radius 3 is 2.85 bits per heavy atom. The second-order valence-electron chi connectivity index (χ2n) is 2.57. The maximum Gasteiger partial charge on any atom is 0.140 e. The van der Waals surface area contributed by atoms with Gasteiger partial charge in [0.1, 0.15) is 5.78 Å². The molecule has 0 aliphatic rings. The van der Waals surface area contributed by atoms with E-state index >= 15 is 0 Å². The zero-order chi connectivity index (χ0) is 9.84. The number of halogens is 2. The molecular weight excluding hydrogens is 272 g/mol. The number of Topliss-reactive ketones (excluding diaryl/α,β-unsaturated/α-hetero) is 1. The van der Waals surface area contributed by atoms with Crippen molar-refractivity contribution in [3.05, 3.63) is 27.7 Å². The highest BCUT2D eigenvalue weighted by atomic mass is 79.9. The van der Waals surface area contributed by atoms with Gasteiger partial charge in [-0.3, -0.25) is 4.79 Å². The van der Waals surface area contributed by atoms with E-state index in [9.17, 15) is 4.79 Å². The van der Waals surface area contributed by atoms with Crippen molar-refractivity contribution in [3.8, 4) is 0 Å². The highest BCUT2D eigenvalue weighted by Crippen LogP contribution is 2.29. The molecule has 0 saturated carbocycles. The molecule has 0 fully saturated rings. The number of hydrogen-bond donors (Lipinski definition) is 0. The third-order valence-electron chi connectivity index (χ3n) is 1.32. The van der Waals surface area contributed by atoms with E-state index in [1.807, 2.05) is 18.2 Å². The van der Waals surface area contributed by atoms with Crippen LogP contribution in [0.2, 0.25) is 5.02 Å². The first-order chi connectivity index (χ1) is 6.09. The van der Waals surface area contributed by atoms with E-state index in [1.165, 1.54) is 11.8 Å². The molecule has 0 aromatic heterocycles. The lowest BCUT2D eigenvalue weighted by molar-refractivity contribution is -0.114. The monoisotopic (exact) mass is 278 g/mol. The zero-order valence-electron chi connectivity index (χ0n) is 7.01. The van der Waals surface area contributed by atoms with Crippen LogP contribution in [0.3, 0.4) is 0 Å². The van der Waals surface area contributed by atoms with Crippen LogP contribution < -0.4 is 0 Å². The predicted octanol–water partition coefficient (Wildman–Crippen LogP) is 3.78. The van der Waals surface area contributed by atoms with Gasteiger partial charge in [0, 0.05) is 14.4 Å².